The van der Waals surface area contributed by atoms with Gasteiger partial charge >= 0.3 is 0 Å². The van der Waals surface area contributed by atoms with Gasteiger partial charge in [0.25, 0.3) is 0 Å². The average Bonchev–Trinajstić information content (AvgIpc) is 3.73. The van der Waals surface area contributed by atoms with Crippen LogP contribution in [0.3, 0.4) is 0 Å². The quantitative estimate of drug-likeness (QED) is 0.193. The van der Waals surface area contributed by atoms with Gasteiger partial charge in [0.2, 0.25) is 0 Å². The Morgan fingerprint density at radius 2 is 1.90 bits per heavy atom. The van der Waals surface area contributed by atoms with Gasteiger partial charge < -0.3 is 10.3 Å². The molecule has 39 heavy (non-hydrogen) atoms. The van der Waals surface area contributed by atoms with E-state index in [2.05, 4.69) is 90.3 Å². The first-order chi connectivity index (χ1) is 19.2. The monoisotopic (exact) mass is 530 g/mol. The molecular formula is C32H30N6S. The van der Waals surface area contributed by atoms with Gasteiger partial charge in [-0.25, -0.2) is 4.98 Å². The van der Waals surface area contributed by atoms with Gasteiger partial charge in [0, 0.05) is 34.4 Å². The fraction of sp³-hybridized carbons (Fsp3) is 0.219. The highest BCUT2D eigenvalue weighted by atomic mass is 32.1. The summed E-state index contributed by atoms with van der Waals surface area (Å²) >= 11 is 1.70. The third-order valence-corrected chi connectivity index (χ3v) is 8.52. The molecule has 0 spiro atoms. The molecule has 0 radical (unpaired) electrons. The van der Waals surface area contributed by atoms with Crippen molar-refractivity contribution in [2.24, 2.45) is 5.92 Å². The number of benzene rings is 1. The summed E-state index contributed by atoms with van der Waals surface area (Å²) in [6.45, 7) is 4.31. The predicted molar refractivity (Wildman–Crippen MR) is 162 cm³/mol. The maximum absolute atomic E-state index is 4.68. The molecule has 6 aromatic rings. The second-order valence-electron chi connectivity index (χ2n) is 10.5. The number of nitrogens with one attached hydrogen (secondary N) is 3. The summed E-state index contributed by atoms with van der Waals surface area (Å²) in [7, 11) is 0. The highest BCUT2D eigenvalue weighted by molar-refractivity contribution is 7.08. The Morgan fingerprint density at radius 3 is 2.77 bits per heavy atom. The van der Waals surface area contributed by atoms with Crippen LogP contribution in [0, 0.1) is 5.92 Å². The Kier molecular flexibility index (Phi) is 6.21. The standard InChI is InChI=1S/C32H30N6S/c1-20(13-21-5-3-2-4-6-21)35-25-14-24(17-33-18-25)22-7-8-29-28(15-22)31(38-37-29)30-16-27-26(23-10-12-39-19-23)9-11-34-32(27)36-30/h7-12,14-19,21,35H,1-6,13H2,(H,34,36)(H,37,38). The van der Waals surface area contributed by atoms with Crippen LogP contribution in [0.15, 0.2) is 84.1 Å². The molecule has 7 rings (SSSR count). The lowest BCUT2D eigenvalue weighted by Crippen LogP contribution is -2.10. The van der Waals surface area contributed by atoms with Crippen LogP contribution in [0.4, 0.5) is 5.69 Å². The molecule has 7 heteroatoms. The fourth-order valence-electron chi connectivity index (χ4n) is 5.88. The molecule has 5 aromatic heterocycles. The second kappa shape index (κ2) is 10.2. The Morgan fingerprint density at radius 1 is 0.974 bits per heavy atom. The van der Waals surface area contributed by atoms with Crippen molar-refractivity contribution in [1.82, 2.24) is 25.1 Å². The van der Waals surface area contributed by atoms with Gasteiger partial charge in [-0.3, -0.25) is 10.1 Å². The van der Waals surface area contributed by atoms with Crippen molar-refractivity contribution in [3.05, 3.63) is 84.1 Å². The topological polar surface area (TPSA) is 82.3 Å². The SMILES string of the molecule is C=C(CC1CCCCC1)Nc1cncc(-c2ccc3[nH]nc(-c4cc5c(-c6ccsc6)ccnc5[nH]4)c3c2)c1. The number of allylic oxidation sites excluding steroid dienone is 1. The number of hydrogen-bond acceptors (Lipinski definition) is 5. The normalized spacial score (nSPS) is 14.3. The van der Waals surface area contributed by atoms with Crippen LogP contribution in [0.25, 0.3) is 55.6 Å². The number of H-pyrrole nitrogens is 2. The molecule has 1 saturated carbocycles. The van der Waals surface area contributed by atoms with Crippen LogP contribution in [-0.4, -0.2) is 25.1 Å². The number of aromatic amines is 2. The highest BCUT2D eigenvalue weighted by Crippen LogP contribution is 2.35. The Hall–Kier alpha value is -4.23. The van der Waals surface area contributed by atoms with Crippen LogP contribution in [0.5, 0.6) is 0 Å². The molecule has 1 fully saturated rings. The van der Waals surface area contributed by atoms with E-state index in [1.54, 1.807) is 11.3 Å². The molecule has 0 unspecified atom stereocenters. The van der Waals surface area contributed by atoms with E-state index in [0.29, 0.717) is 0 Å². The molecule has 194 valence electrons. The van der Waals surface area contributed by atoms with E-state index in [1.165, 1.54) is 43.2 Å². The van der Waals surface area contributed by atoms with E-state index < -0.39 is 0 Å². The summed E-state index contributed by atoms with van der Waals surface area (Å²) in [5.41, 5.74) is 10.2. The minimum atomic E-state index is 0.748. The van der Waals surface area contributed by atoms with Gasteiger partial charge in [0.05, 0.1) is 23.1 Å². The van der Waals surface area contributed by atoms with Crippen LogP contribution in [0.1, 0.15) is 38.5 Å². The first-order valence-electron chi connectivity index (χ1n) is 13.6. The first-order valence-corrected chi connectivity index (χ1v) is 14.5. The van der Waals surface area contributed by atoms with Gasteiger partial charge in [0.1, 0.15) is 11.3 Å². The number of nitrogens with zero attached hydrogens (tertiary/aromatic N) is 3. The van der Waals surface area contributed by atoms with E-state index >= 15 is 0 Å². The second-order valence-corrected chi connectivity index (χ2v) is 11.3. The summed E-state index contributed by atoms with van der Waals surface area (Å²) in [6, 6.07) is 14.9. The zero-order chi connectivity index (χ0) is 26.2. The minimum Gasteiger partial charge on any atom is -0.358 e. The molecule has 0 saturated heterocycles. The molecule has 6 nitrogen and oxygen atoms in total. The molecule has 0 bridgehead atoms. The third kappa shape index (κ3) is 4.74. The number of hydrogen-bond donors (Lipinski definition) is 3. The molecular weight excluding hydrogens is 500 g/mol. The maximum Gasteiger partial charge on any atom is 0.138 e. The van der Waals surface area contributed by atoms with Gasteiger partial charge in [-0.2, -0.15) is 16.4 Å². The van der Waals surface area contributed by atoms with Gasteiger partial charge in [-0.15, -0.1) is 0 Å². The summed E-state index contributed by atoms with van der Waals surface area (Å²) in [4.78, 5) is 12.6. The summed E-state index contributed by atoms with van der Waals surface area (Å²) < 4.78 is 0. The van der Waals surface area contributed by atoms with Crippen molar-refractivity contribution in [2.45, 2.75) is 38.5 Å². The third-order valence-electron chi connectivity index (χ3n) is 7.83. The molecule has 1 aliphatic rings. The predicted octanol–water partition coefficient (Wildman–Crippen LogP) is 8.79. The zero-order valence-corrected chi connectivity index (χ0v) is 22.5. The lowest BCUT2D eigenvalue weighted by atomic mass is 9.86. The molecule has 5 heterocycles. The van der Waals surface area contributed by atoms with Gasteiger partial charge in [-0.1, -0.05) is 44.7 Å². The molecule has 0 atom stereocenters. The molecule has 3 N–H and O–H groups in total. The Bertz CT molecular complexity index is 1770. The summed E-state index contributed by atoms with van der Waals surface area (Å²) in [5.74, 6) is 0.748. The largest absolute Gasteiger partial charge is 0.358 e. The van der Waals surface area contributed by atoms with Crippen molar-refractivity contribution in [1.29, 1.82) is 0 Å². The van der Waals surface area contributed by atoms with E-state index in [4.69, 9.17) is 0 Å². The Balaban J connectivity index is 1.19. The number of rotatable bonds is 7. The molecule has 1 aliphatic carbocycles. The fourth-order valence-corrected chi connectivity index (χ4v) is 6.54. The van der Waals surface area contributed by atoms with Crippen LogP contribution in [0.2, 0.25) is 0 Å². The number of thiophene rings is 1. The smallest absolute Gasteiger partial charge is 0.138 e. The van der Waals surface area contributed by atoms with Crippen molar-refractivity contribution in [3.63, 3.8) is 0 Å². The molecule has 0 aliphatic heterocycles. The average molecular weight is 531 g/mol. The molecule has 1 aromatic carbocycles. The van der Waals surface area contributed by atoms with Crippen molar-refractivity contribution < 1.29 is 0 Å². The highest BCUT2D eigenvalue weighted by Gasteiger charge is 2.16. The maximum atomic E-state index is 4.68. The number of anilines is 1. The van der Waals surface area contributed by atoms with Crippen molar-refractivity contribution in [2.75, 3.05) is 5.32 Å². The van der Waals surface area contributed by atoms with Crippen LogP contribution in [-0.2, 0) is 0 Å². The molecule has 0 amide bonds. The minimum absolute atomic E-state index is 0.748. The van der Waals surface area contributed by atoms with Gasteiger partial charge in [0.15, 0.2) is 0 Å². The van der Waals surface area contributed by atoms with E-state index in [9.17, 15) is 0 Å². The first kappa shape index (κ1) is 23.9. The number of fused-ring (bicyclic) bond motifs is 2. The van der Waals surface area contributed by atoms with E-state index in [0.717, 1.165) is 68.2 Å². The lowest BCUT2D eigenvalue weighted by molar-refractivity contribution is 0.357. The summed E-state index contributed by atoms with van der Waals surface area (Å²) in [6.07, 6.45) is 13.4. The lowest BCUT2D eigenvalue weighted by Gasteiger charge is -2.22. The summed E-state index contributed by atoms with van der Waals surface area (Å²) in [5, 5.41) is 17.8. The zero-order valence-electron chi connectivity index (χ0n) is 21.7. The van der Waals surface area contributed by atoms with Crippen LogP contribution < -0.4 is 5.32 Å². The Labute approximate surface area is 231 Å². The number of aromatic nitrogens is 5. The number of pyridine rings is 2. The van der Waals surface area contributed by atoms with E-state index in [-0.39, 0.29) is 0 Å². The van der Waals surface area contributed by atoms with Crippen molar-refractivity contribution >= 4 is 39.0 Å². The van der Waals surface area contributed by atoms with Crippen molar-refractivity contribution in [3.8, 4) is 33.6 Å². The van der Waals surface area contributed by atoms with Gasteiger partial charge in [-0.05, 0) is 76.2 Å². The van der Waals surface area contributed by atoms with Crippen LogP contribution >= 0.6 is 11.3 Å². The van der Waals surface area contributed by atoms with E-state index in [1.807, 2.05) is 18.6 Å².